The number of alkyl carbamates (subject to hydrolysis) is 1. The predicted molar refractivity (Wildman–Crippen MR) is 83.6 cm³/mol. The van der Waals surface area contributed by atoms with Crippen LogP contribution >= 0.6 is 11.6 Å². The molecule has 0 aromatic heterocycles. The molecular weight excluding hydrogens is 294 g/mol. The number of carbonyl (C=O) groups is 2. The molecule has 0 heterocycles. The molecule has 0 radical (unpaired) electrons. The van der Waals surface area contributed by atoms with Gasteiger partial charge in [0.2, 0.25) is 0 Å². The summed E-state index contributed by atoms with van der Waals surface area (Å²) >= 11 is 5.45. The number of esters is 1. The number of nitrogens with one attached hydrogen (secondary N) is 1. The highest BCUT2D eigenvalue weighted by molar-refractivity contribution is 6.18. The minimum absolute atomic E-state index is 0.126. The maximum absolute atomic E-state index is 12.0. The van der Waals surface area contributed by atoms with Gasteiger partial charge >= 0.3 is 12.1 Å². The van der Waals surface area contributed by atoms with E-state index in [0.29, 0.717) is 13.0 Å². The molecule has 0 aliphatic rings. The Balaban J connectivity index is 4.24. The lowest BCUT2D eigenvalue weighted by atomic mass is 10.1. The Morgan fingerprint density at radius 2 is 1.71 bits per heavy atom. The van der Waals surface area contributed by atoms with E-state index in [2.05, 4.69) is 12.2 Å². The van der Waals surface area contributed by atoms with Crippen LogP contribution in [0.4, 0.5) is 4.79 Å². The van der Waals surface area contributed by atoms with Crippen molar-refractivity contribution in [2.45, 2.75) is 64.8 Å². The molecule has 21 heavy (non-hydrogen) atoms. The quantitative estimate of drug-likeness (QED) is 0.338. The van der Waals surface area contributed by atoms with Crippen LogP contribution in [-0.2, 0) is 14.3 Å². The molecule has 6 heteroatoms. The molecule has 1 amide bonds. The number of ether oxygens (including phenoxy) is 2. The van der Waals surface area contributed by atoms with E-state index in [9.17, 15) is 9.59 Å². The van der Waals surface area contributed by atoms with E-state index in [4.69, 9.17) is 21.1 Å². The second-order valence-electron chi connectivity index (χ2n) is 4.89. The van der Waals surface area contributed by atoms with E-state index in [1.165, 1.54) is 0 Å². The van der Waals surface area contributed by atoms with Gasteiger partial charge in [-0.05, 0) is 12.8 Å². The Morgan fingerprint density at radius 1 is 1.00 bits per heavy atom. The number of carbonyl (C=O) groups excluding carboxylic acids is 2. The van der Waals surface area contributed by atoms with E-state index in [-0.39, 0.29) is 18.5 Å². The van der Waals surface area contributed by atoms with Crippen LogP contribution in [-0.4, -0.2) is 37.2 Å². The van der Waals surface area contributed by atoms with Gasteiger partial charge in [-0.3, -0.25) is 0 Å². The number of alkyl halides is 1. The number of amides is 1. The van der Waals surface area contributed by atoms with Crippen molar-refractivity contribution in [3.05, 3.63) is 0 Å². The molecule has 1 unspecified atom stereocenters. The van der Waals surface area contributed by atoms with Crippen molar-refractivity contribution < 1.29 is 19.1 Å². The third-order valence-corrected chi connectivity index (χ3v) is 3.13. The van der Waals surface area contributed by atoms with Gasteiger partial charge in [0.15, 0.2) is 0 Å². The first-order valence-corrected chi connectivity index (χ1v) is 8.35. The lowest BCUT2D eigenvalue weighted by Gasteiger charge is -2.17. The molecule has 0 aromatic carbocycles. The molecular formula is C15H28ClNO4. The third kappa shape index (κ3) is 11.4. The van der Waals surface area contributed by atoms with E-state index in [1.807, 2.05) is 6.92 Å². The Kier molecular flexibility index (Phi) is 13.3. The number of hydrogen-bond donors (Lipinski definition) is 1. The van der Waals surface area contributed by atoms with Gasteiger partial charge in [0, 0.05) is 0 Å². The molecule has 0 rings (SSSR count). The van der Waals surface area contributed by atoms with Crippen LogP contribution in [0.1, 0.15) is 58.8 Å². The first kappa shape index (κ1) is 20.0. The van der Waals surface area contributed by atoms with Crippen molar-refractivity contribution in [2.24, 2.45) is 0 Å². The minimum atomic E-state index is -0.637. The van der Waals surface area contributed by atoms with Crippen LogP contribution in [0.3, 0.4) is 0 Å². The van der Waals surface area contributed by atoms with Crippen LogP contribution < -0.4 is 5.32 Å². The maximum atomic E-state index is 12.0. The first-order valence-electron chi connectivity index (χ1n) is 7.81. The smallest absolute Gasteiger partial charge is 0.407 e. The van der Waals surface area contributed by atoms with Crippen LogP contribution in [0.2, 0.25) is 0 Å². The summed E-state index contributed by atoms with van der Waals surface area (Å²) in [6.45, 7) is 4.66. The maximum Gasteiger partial charge on any atom is 0.407 e. The van der Waals surface area contributed by atoms with Gasteiger partial charge in [-0.25, -0.2) is 9.59 Å². The van der Waals surface area contributed by atoms with E-state index < -0.39 is 12.1 Å². The standard InChI is InChI=1S/C15H28ClNO4/c1-3-5-7-8-9-13(14(18)20-11-6-4-2)17-15(19)21-12-10-16/h13H,3-12H2,1-2H3,(H,17,19). The monoisotopic (exact) mass is 321 g/mol. The van der Waals surface area contributed by atoms with Gasteiger partial charge < -0.3 is 14.8 Å². The largest absolute Gasteiger partial charge is 0.464 e. The molecule has 1 atom stereocenters. The Bertz CT molecular complexity index is 287. The zero-order chi connectivity index (χ0) is 15.9. The summed E-state index contributed by atoms with van der Waals surface area (Å²) in [5.74, 6) is -0.155. The Labute approximate surface area is 132 Å². The second-order valence-corrected chi connectivity index (χ2v) is 5.27. The van der Waals surface area contributed by atoms with Crippen molar-refractivity contribution in [1.82, 2.24) is 5.32 Å². The highest BCUT2D eigenvalue weighted by Crippen LogP contribution is 2.08. The summed E-state index contributed by atoms with van der Waals surface area (Å²) in [4.78, 5) is 23.5. The van der Waals surface area contributed by atoms with Gasteiger partial charge in [-0.1, -0.05) is 46.0 Å². The van der Waals surface area contributed by atoms with E-state index >= 15 is 0 Å². The van der Waals surface area contributed by atoms with E-state index in [0.717, 1.165) is 38.5 Å². The minimum Gasteiger partial charge on any atom is -0.464 e. The summed E-state index contributed by atoms with van der Waals surface area (Å²) < 4.78 is 10.0. The van der Waals surface area contributed by atoms with Crippen molar-refractivity contribution >= 4 is 23.7 Å². The lowest BCUT2D eigenvalue weighted by Crippen LogP contribution is -2.42. The molecule has 0 bridgehead atoms. The molecule has 0 spiro atoms. The summed E-state index contributed by atoms with van der Waals surface area (Å²) in [5, 5.41) is 2.56. The number of rotatable bonds is 12. The molecule has 0 saturated heterocycles. The van der Waals surface area contributed by atoms with Crippen molar-refractivity contribution in [1.29, 1.82) is 0 Å². The van der Waals surface area contributed by atoms with E-state index in [1.54, 1.807) is 0 Å². The average molecular weight is 322 g/mol. The SMILES string of the molecule is CCCCCCC(NC(=O)OCCCl)C(=O)OCCCC. The molecule has 124 valence electrons. The molecule has 5 nitrogen and oxygen atoms in total. The number of halogens is 1. The van der Waals surface area contributed by atoms with Crippen molar-refractivity contribution in [2.75, 3.05) is 19.1 Å². The van der Waals surface area contributed by atoms with Crippen molar-refractivity contribution in [3.63, 3.8) is 0 Å². The molecule has 0 aromatic rings. The molecule has 0 fully saturated rings. The van der Waals surface area contributed by atoms with Gasteiger partial charge in [0.05, 0.1) is 12.5 Å². The first-order chi connectivity index (χ1) is 10.2. The highest BCUT2D eigenvalue weighted by atomic mass is 35.5. The summed E-state index contributed by atoms with van der Waals surface area (Å²) in [5.41, 5.74) is 0. The average Bonchev–Trinajstić information content (AvgIpc) is 2.48. The van der Waals surface area contributed by atoms with Crippen LogP contribution in [0.15, 0.2) is 0 Å². The second kappa shape index (κ2) is 14.0. The zero-order valence-electron chi connectivity index (χ0n) is 13.2. The Morgan fingerprint density at radius 3 is 2.33 bits per heavy atom. The molecule has 0 aliphatic heterocycles. The predicted octanol–water partition coefficient (Wildman–Crippen LogP) is 3.63. The number of hydrogen-bond acceptors (Lipinski definition) is 4. The van der Waals surface area contributed by atoms with Crippen LogP contribution in [0.5, 0.6) is 0 Å². The van der Waals surface area contributed by atoms with Crippen molar-refractivity contribution in [3.8, 4) is 0 Å². The molecule has 0 aliphatic carbocycles. The summed E-state index contributed by atoms with van der Waals surface area (Å²) in [7, 11) is 0. The normalized spacial score (nSPS) is 11.8. The van der Waals surface area contributed by atoms with Gasteiger partial charge in [0.25, 0.3) is 0 Å². The van der Waals surface area contributed by atoms with Crippen LogP contribution in [0, 0.1) is 0 Å². The molecule has 1 N–H and O–H groups in total. The fourth-order valence-electron chi connectivity index (χ4n) is 1.76. The fraction of sp³-hybridized carbons (Fsp3) is 0.867. The fourth-order valence-corrected chi connectivity index (χ4v) is 1.83. The van der Waals surface area contributed by atoms with Gasteiger partial charge in [-0.15, -0.1) is 11.6 Å². The third-order valence-electron chi connectivity index (χ3n) is 2.98. The van der Waals surface area contributed by atoms with Gasteiger partial charge in [-0.2, -0.15) is 0 Å². The summed E-state index contributed by atoms with van der Waals surface area (Å²) in [6.07, 6.45) is 5.88. The highest BCUT2D eigenvalue weighted by Gasteiger charge is 2.22. The van der Waals surface area contributed by atoms with Crippen LogP contribution in [0.25, 0.3) is 0 Å². The lowest BCUT2D eigenvalue weighted by molar-refractivity contribution is -0.146. The number of unbranched alkanes of at least 4 members (excludes halogenated alkanes) is 4. The zero-order valence-corrected chi connectivity index (χ0v) is 13.9. The topological polar surface area (TPSA) is 64.6 Å². The molecule has 0 saturated carbocycles. The Hall–Kier alpha value is -0.970. The van der Waals surface area contributed by atoms with Gasteiger partial charge in [0.1, 0.15) is 12.6 Å². The summed E-state index contributed by atoms with van der Waals surface area (Å²) in [6, 6.07) is -0.637.